The van der Waals surface area contributed by atoms with Crippen LogP contribution in [-0.4, -0.2) is 24.1 Å². The molecule has 0 atom stereocenters. The van der Waals surface area contributed by atoms with Crippen LogP contribution in [0.5, 0.6) is 0 Å². The van der Waals surface area contributed by atoms with Crippen molar-refractivity contribution in [2.75, 3.05) is 0 Å². The van der Waals surface area contributed by atoms with E-state index >= 15 is 0 Å². The minimum Gasteiger partial charge on any atom is -0.462 e. The predicted octanol–water partition coefficient (Wildman–Crippen LogP) is 6.35. The summed E-state index contributed by atoms with van der Waals surface area (Å²) < 4.78 is 11.6. The molecule has 4 rings (SSSR count). The van der Waals surface area contributed by atoms with Gasteiger partial charge in [0.1, 0.15) is 12.2 Å². The van der Waals surface area contributed by atoms with E-state index in [9.17, 15) is 9.59 Å². The molecule has 4 nitrogen and oxygen atoms in total. The fourth-order valence-electron chi connectivity index (χ4n) is 6.08. The molecule has 0 heterocycles. The van der Waals surface area contributed by atoms with Crippen molar-refractivity contribution in [3.8, 4) is 11.8 Å². The quantitative estimate of drug-likeness (QED) is 0.376. The number of rotatable bonds is 4. The van der Waals surface area contributed by atoms with Gasteiger partial charge in [-0.05, 0) is 89.9 Å². The van der Waals surface area contributed by atoms with E-state index in [4.69, 9.17) is 9.47 Å². The summed E-state index contributed by atoms with van der Waals surface area (Å²) in [5.41, 5.74) is 0. The van der Waals surface area contributed by atoms with Crippen LogP contribution in [-0.2, 0) is 19.1 Å². The Morgan fingerprint density at radius 3 is 1.41 bits per heavy atom. The fourth-order valence-corrected chi connectivity index (χ4v) is 6.08. The van der Waals surface area contributed by atoms with E-state index < -0.39 is 0 Å². The van der Waals surface area contributed by atoms with Gasteiger partial charge in [-0.25, -0.2) is 0 Å². The smallest absolute Gasteiger partial charge is 0.309 e. The molecule has 4 heteroatoms. The Kier molecular flexibility index (Phi) is 8.94. The van der Waals surface area contributed by atoms with Crippen LogP contribution >= 0.6 is 0 Å². The van der Waals surface area contributed by atoms with Gasteiger partial charge in [-0.1, -0.05) is 37.5 Å². The van der Waals surface area contributed by atoms with Crippen molar-refractivity contribution in [3.05, 3.63) is 0 Å². The Balaban J connectivity index is 1.12. The summed E-state index contributed by atoms with van der Waals surface area (Å²) in [6.07, 6.45) is 19.4. The Bertz CT molecular complexity index is 661. The maximum Gasteiger partial charge on any atom is 0.309 e. The van der Waals surface area contributed by atoms with Gasteiger partial charge in [0.05, 0.1) is 11.8 Å². The van der Waals surface area contributed by atoms with Crippen LogP contribution in [0.15, 0.2) is 0 Å². The third kappa shape index (κ3) is 7.00. The van der Waals surface area contributed by atoms with Crippen LogP contribution in [0.2, 0.25) is 0 Å². The van der Waals surface area contributed by atoms with E-state index in [1.165, 1.54) is 51.4 Å². The van der Waals surface area contributed by atoms with E-state index in [1.807, 2.05) is 0 Å². The first kappa shape index (κ1) is 23.7. The molecule has 0 amide bonds. The third-order valence-electron chi connectivity index (χ3n) is 8.28. The van der Waals surface area contributed by atoms with Gasteiger partial charge in [0.25, 0.3) is 0 Å². The zero-order chi connectivity index (χ0) is 22.2. The second-order valence-corrected chi connectivity index (χ2v) is 10.8. The van der Waals surface area contributed by atoms with Gasteiger partial charge in [-0.2, -0.15) is 0 Å². The molecule has 0 bridgehead atoms. The number of carbonyl (C=O) groups excluding carboxylic acids is 2. The number of esters is 2. The standard InChI is InChI=1S/C28H42O4/c29-27(23-15-13-22(14-16-23)12-11-21-7-3-1-4-8-21)32-26-19-17-24(18-20-26)28(30)31-25-9-5-2-6-10-25/h21-26H,1-10,13-20H2. The highest BCUT2D eigenvalue weighted by Crippen LogP contribution is 2.33. The minimum atomic E-state index is -0.0231. The van der Waals surface area contributed by atoms with Crippen molar-refractivity contribution < 1.29 is 19.1 Å². The zero-order valence-corrected chi connectivity index (χ0v) is 19.8. The molecule has 0 N–H and O–H groups in total. The van der Waals surface area contributed by atoms with Gasteiger partial charge >= 0.3 is 11.9 Å². The van der Waals surface area contributed by atoms with Crippen molar-refractivity contribution in [1.82, 2.24) is 0 Å². The molecule has 0 radical (unpaired) electrons. The van der Waals surface area contributed by atoms with Gasteiger partial charge in [-0.3, -0.25) is 9.59 Å². The number of carbonyl (C=O) groups is 2. The molecule has 0 aromatic carbocycles. The average Bonchev–Trinajstić information content (AvgIpc) is 2.85. The van der Waals surface area contributed by atoms with Crippen molar-refractivity contribution >= 4 is 11.9 Å². The summed E-state index contributed by atoms with van der Waals surface area (Å²) in [6, 6.07) is 0. The van der Waals surface area contributed by atoms with Gasteiger partial charge in [0.2, 0.25) is 0 Å². The average molecular weight is 443 g/mol. The van der Waals surface area contributed by atoms with Crippen molar-refractivity contribution in [1.29, 1.82) is 0 Å². The summed E-state index contributed by atoms with van der Waals surface area (Å²) in [6.45, 7) is 0. The number of hydrogen-bond donors (Lipinski definition) is 0. The first-order valence-electron chi connectivity index (χ1n) is 13.6. The summed E-state index contributed by atoms with van der Waals surface area (Å²) in [7, 11) is 0. The molecule has 0 aliphatic heterocycles. The van der Waals surface area contributed by atoms with E-state index in [2.05, 4.69) is 11.8 Å². The Morgan fingerprint density at radius 2 is 0.875 bits per heavy atom. The molecule has 4 aliphatic carbocycles. The Hall–Kier alpha value is -1.50. The van der Waals surface area contributed by atoms with Crippen LogP contribution in [0, 0.1) is 35.5 Å². The largest absolute Gasteiger partial charge is 0.462 e. The SMILES string of the molecule is O=C(OC1CCC(C(=O)OC2CCCCC2)CC1)C1CCC(C#CC2CCCCC2)CC1. The van der Waals surface area contributed by atoms with Crippen molar-refractivity contribution in [3.63, 3.8) is 0 Å². The van der Waals surface area contributed by atoms with Gasteiger partial charge in [-0.15, -0.1) is 0 Å². The maximum atomic E-state index is 12.7. The summed E-state index contributed by atoms with van der Waals surface area (Å²) in [5, 5.41) is 0. The highest BCUT2D eigenvalue weighted by molar-refractivity contribution is 5.73. The van der Waals surface area contributed by atoms with Crippen LogP contribution in [0.1, 0.15) is 116 Å². The highest BCUT2D eigenvalue weighted by atomic mass is 16.5. The van der Waals surface area contributed by atoms with Crippen molar-refractivity contribution in [2.45, 2.75) is 128 Å². The lowest BCUT2D eigenvalue weighted by Crippen LogP contribution is -2.33. The van der Waals surface area contributed by atoms with E-state index in [0.717, 1.165) is 64.2 Å². The van der Waals surface area contributed by atoms with Crippen LogP contribution in [0.4, 0.5) is 0 Å². The monoisotopic (exact) mass is 442 g/mol. The predicted molar refractivity (Wildman–Crippen MR) is 125 cm³/mol. The second-order valence-electron chi connectivity index (χ2n) is 10.8. The molecule has 0 saturated heterocycles. The van der Waals surface area contributed by atoms with Crippen molar-refractivity contribution in [2.24, 2.45) is 23.7 Å². The van der Waals surface area contributed by atoms with Gasteiger partial charge < -0.3 is 9.47 Å². The third-order valence-corrected chi connectivity index (χ3v) is 8.28. The van der Waals surface area contributed by atoms with Gasteiger partial charge in [0.15, 0.2) is 0 Å². The second kappa shape index (κ2) is 12.1. The van der Waals surface area contributed by atoms with Crippen LogP contribution in [0.3, 0.4) is 0 Å². The molecule has 4 fully saturated rings. The van der Waals surface area contributed by atoms with E-state index in [0.29, 0.717) is 11.8 Å². The lowest BCUT2D eigenvalue weighted by molar-refractivity contribution is -0.161. The first-order chi connectivity index (χ1) is 15.7. The zero-order valence-electron chi connectivity index (χ0n) is 19.8. The van der Waals surface area contributed by atoms with Gasteiger partial charge in [0, 0.05) is 11.8 Å². The maximum absolute atomic E-state index is 12.7. The van der Waals surface area contributed by atoms with E-state index in [1.54, 1.807) is 0 Å². The lowest BCUT2D eigenvalue weighted by atomic mass is 9.81. The summed E-state index contributed by atoms with van der Waals surface area (Å²) in [5.74, 6) is 8.14. The topological polar surface area (TPSA) is 52.6 Å². The molecular weight excluding hydrogens is 400 g/mol. The normalized spacial score (nSPS) is 32.4. The minimum absolute atomic E-state index is 0.00921. The molecule has 178 valence electrons. The highest BCUT2D eigenvalue weighted by Gasteiger charge is 2.33. The Morgan fingerprint density at radius 1 is 0.469 bits per heavy atom. The first-order valence-corrected chi connectivity index (χ1v) is 13.6. The van der Waals surface area contributed by atoms with Crippen LogP contribution in [0.25, 0.3) is 0 Å². The molecule has 0 unspecified atom stereocenters. The van der Waals surface area contributed by atoms with Crippen LogP contribution < -0.4 is 0 Å². The fraction of sp³-hybridized carbons (Fsp3) is 0.857. The molecule has 0 spiro atoms. The lowest BCUT2D eigenvalue weighted by Gasteiger charge is -2.31. The molecule has 0 aromatic heterocycles. The number of hydrogen-bond acceptors (Lipinski definition) is 4. The number of ether oxygens (including phenoxy) is 2. The molecule has 4 aliphatic rings. The Labute approximate surface area is 194 Å². The molecule has 4 saturated carbocycles. The molecule has 0 aromatic rings. The van der Waals surface area contributed by atoms with E-state index in [-0.39, 0.29) is 36.0 Å². The molecule has 32 heavy (non-hydrogen) atoms. The summed E-state index contributed by atoms with van der Waals surface area (Å²) in [4.78, 5) is 25.2. The molecular formula is C28H42O4. The summed E-state index contributed by atoms with van der Waals surface area (Å²) >= 11 is 0.